The molecule has 0 aromatic heterocycles. The van der Waals surface area contributed by atoms with Gasteiger partial charge in [0.1, 0.15) is 12.4 Å². The number of aryl methyl sites for hydroxylation is 1. The lowest BCUT2D eigenvalue weighted by atomic mass is 10.1. The number of hydrogen-bond donors (Lipinski definition) is 1. The third-order valence-electron chi connectivity index (χ3n) is 3.62. The molecule has 22 heavy (non-hydrogen) atoms. The van der Waals surface area contributed by atoms with Gasteiger partial charge in [-0.15, -0.1) is 0 Å². The summed E-state index contributed by atoms with van der Waals surface area (Å²) in [4.78, 5) is 11.7. The normalized spacial score (nSPS) is 17.4. The maximum absolute atomic E-state index is 11.7. The van der Waals surface area contributed by atoms with Crippen LogP contribution in [0.3, 0.4) is 0 Å². The van der Waals surface area contributed by atoms with E-state index in [4.69, 9.17) is 4.74 Å². The van der Waals surface area contributed by atoms with Crippen molar-refractivity contribution in [2.75, 3.05) is 18.9 Å². The lowest BCUT2D eigenvalue weighted by molar-refractivity contribution is -0.121. The lowest BCUT2D eigenvalue weighted by Gasteiger charge is -2.09. The molecule has 3 nitrogen and oxygen atoms in total. The first-order valence-electron chi connectivity index (χ1n) is 7.98. The summed E-state index contributed by atoms with van der Waals surface area (Å²) in [5.41, 5.74) is 1.22. The molecule has 0 radical (unpaired) electrons. The van der Waals surface area contributed by atoms with Gasteiger partial charge in [-0.1, -0.05) is 45.7 Å². The first kappa shape index (κ1) is 17.5. The molecule has 1 fully saturated rings. The van der Waals surface area contributed by atoms with Crippen molar-refractivity contribution in [1.82, 2.24) is 5.32 Å². The Hall–Kier alpha value is -0.810. The summed E-state index contributed by atoms with van der Waals surface area (Å²) in [5, 5.41) is 3.74. The molecule has 5 heteroatoms. The summed E-state index contributed by atoms with van der Waals surface area (Å²) in [7, 11) is 4.00. The molecular formula is C17H25NO2S2. The van der Waals surface area contributed by atoms with Crippen LogP contribution in [-0.4, -0.2) is 30.1 Å². The van der Waals surface area contributed by atoms with E-state index in [0.717, 1.165) is 23.8 Å². The van der Waals surface area contributed by atoms with Gasteiger partial charge in [0, 0.05) is 17.4 Å². The van der Waals surface area contributed by atoms with E-state index in [-0.39, 0.29) is 5.91 Å². The highest BCUT2D eigenvalue weighted by Crippen LogP contribution is 2.39. The largest absolute Gasteiger partial charge is 0.492 e. The van der Waals surface area contributed by atoms with E-state index in [1.807, 2.05) is 52.8 Å². The van der Waals surface area contributed by atoms with Crippen LogP contribution in [0.15, 0.2) is 24.3 Å². The van der Waals surface area contributed by atoms with Crippen molar-refractivity contribution in [3.63, 3.8) is 0 Å². The topological polar surface area (TPSA) is 38.3 Å². The van der Waals surface area contributed by atoms with Gasteiger partial charge in [0.25, 0.3) is 0 Å². The Kier molecular flexibility index (Phi) is 8.02. The summed E-state index contributed by atoms with van der Waals surface area (Å²) < 4.78 is 5.58. The fourth-order valence-electron chi connectivity index (χ4n) is 2.30. The van der Waals surface area contributed by atoms with Gasteiger partial charge < -0.3 is 10.1 Å². The molecule has 1 amide bonds. The Labute approximate surface area is 141 Å². The van der Waals surface area contributed by atoms with Crippen molar-refractivity contribution in [2.24, 2.45) is 0 Å². The summed E-state index contributed by atoms with van der Waals surface area (Å²) in [6.45, 7) is 3.14. The number of benzene rings is 1. The van der Waals surface area contributed by atoms with Crippen LogP contribution in [0.4, 0.5) is 0 Å². The predicted octanol–water partition coefficient (Wildman–Crippen LogP) is 4.20. The highest BCUT2D eigenvalue weighted by molar-refractivity contribution is 8.77. The smallest absolute Gasteiger partial charge is 0.220 e. The highest BCUT2D eigenvalue weighted by atomic mass is 33.1. The number of hydrogen-bond acceptors (Lipinski definition) is 4. The molecule has 1 N–H and O–H groups in total. The molecule has 0 saturated carbocycles. The van der Waals surface area contributed by atoms with E-state index in [0.29, 0.717) is 19.6 Å². The molecule has 1 atom stereocenters. The summed E-state index contributed by atoms with van der Waals surface area (Å²) in [5.74, 6) is 2.28. The molecule has 1 heterocycles. The zero-order chi connectivity index (χ0) is 15.6. The Bertz CT molecular complexity index is 444. The highest BCUT2D eigenvalue weighted by Gasteiger charge is 2.15. The molecule has 122 valence electrons. The van der Waals surface area contributed by atoms with E-state index in [9.17, 15) is 4.79 Å². The van der Waals surface area contributed by atoms with Crippen molar-refractivity contribution in [3.05, 3.63) is 29.8 Å². The van der Waals surface area contributed by atoms with Gasteiger partial charge in [0.15, 0.2) is 0 Å². The van der Waals surface area contributed by atoms with Gasteiger partial charge in [0.05, 0.1) is 6.54 Å². The fourth-order valence-corrected chi connectivity index (χ4v) is 5.33. The molecule has 1 aliphatic heterocycles. The quantitative estimate of drug-likeness (QED) is 0.540. The van der Waals surface area contributed by atoms with Crippen molar-refractivity contribution in [2.45, 2.75) is 44.3 Å². The van der Waals surface area contributed by atoms with E-state index >= 15 is 0 Å². The van der Waals surface area contributed by atoms with E-state index in [1.54, 1.807) is 0 Å². The lowest BCUT2D eigenvalue weighted by Crippen LogP contribution is -2.27. The molecule has 0 spiro atoms. The number of amides is 1. The van der Waals surface area contributed by atoms with Gasteiger partial charge >= 0.3 is 0 Å². The zero-order valence-electron chi connectivity index (χ0n) is 13.2. The first-order valence-corrected chi connectivity index (χ1v) is 10.4. The van der Waals surface area contributed by atoms with Gasteiger partial charge in [-0.3, -0.25) is 4.79 Å². The Morgan fingerprint density at radius 2 is 2.14 bits per heavy atom. The van der Waals surface area contributed by atoms with E-state index in [1.165, 1.54) is 24.2 Å². The number of rotatable bonds is 9. The Morgan fingerprint density at radius 1 is 1.32 bits per heavy atom. The third-order valence-corrected chi connectivity index (χ3v) is 6.63. The molecule has 1 saturated heterocycles. The number of nitrogens with one attached hydrogen (secondary N) is 1. The molecule has 2 rings (SSSR count). The van der Waals surface area contributed by atoms with Crippen molar-refractivity contribution in [1.29, 1.82) is 0 Å². The van der Waals surface area contributed by atoms with Crippen molar-refractivity contribution < 1.29 is 9.53 Å². The number of ether oxygens (including phenoxy) is 1. The third kappa shape index (κ3) is 6.97. The van der Waals surface area contributed by atoms with Crippen molar-refractivity contribution in [3.8, 4) is 5.75 Å². The minimum atomic E-state index is 0.140. The van der Waals surface area contributed by atoms with Crippen LogP contribution in [0.1, 0.15) is 37.7 Å². The standard InChI is InChI=1S/C17H25NO2S2/c1-14-6-8-15(9-7-14)20-12-11-18-17(19)5-3-2-4-16-10-13-21-22-16/h6-9,16H,2-5,10-13H2,1H3,(H,18,19). The van der Waals surface area contributed by atoms with Crippen LogP contribution in [0.5, 0.6) is 5.75 Å². The van der Waals surface area contributed by atoms with E-state index < -0.39 is 0 Å². The summed E-state index contributed by atoms with van der Waals surface area (Å²) in [6, 6.07) is 7.96. The van der Waals surface area contributed by atoms with Crippen molar-refractivity contribution >= 4 is 27.5 Å². The van der Waals surface area contributed by atoms with Crippen LogP contribution in [0.25, 0.3) is 0 Å². The van der Waals surface area contributed by atoms with Crippen LogP contribution in [0, 0.1) is 6.92 Å². The van der Waals surface area contributed by atoms with Crippen LogP contribution in [0.2, 0.25) is 0 Å². The Balaban J connectivity index is 1.46. The van der Waals surface area contributed by atoms with Crippen LogP contribution in [-0.2, 0) is 4.79 Å². The number of carbonyl (C=O) groups is 1. The van der Waals surface area contributed by atoms with Crippen LogP contribution >= 0.6 is 21.6 Å². The molecule has 0 bridgehead atoms. The number of unbranched alkanes of at least 4 members (excludes halogenated alkanes) is 1. The summed E-state index contributed by atoms with van der Waals surface area (Å²) >= 11 is 0. The fraction of sp³-hybridized carbons (Fsp3) is 0.588. The molecule has 1 aromatic rings. The molecule has 1 aliphatic rings. The predicted molar refractivity (Wildman–Crippen MR) is 96.6 cm³/mol. The maximum atomic E-state index is 11.7. The van der Waals surface area contributed by atoms with Gasteiger partial charge in [0.2, 0.25) is 5.91 Å². The second-order valence-corrected chi connectivity index (χ2v) is 8.37. The zero-order valence-corrected chi connectivity index (χ0v) is 14.8. The minimum absolute atomic E-state index is 0.140. The average molecular weight is 340 g/mol. The average Bonchev–Trinajstić information content (AvgIpc) is 3.03. The number of carbonyl (C=O) groups excluding carboxylic acids is 1. The molecule has 1 aromatic carbocycles. The molecule has 0 aliphatic carbocycles. The van der Waals surface area contributed by atoms with Gasteiger partial charge in [-0.05, 0) is 38.3 Å². The molecular weight excluding hydrogens is 314 g/mol. The molecule has 1 unspecified atom stereocenters. The minimum Gasteiger partial charge on any atom is -0.492 e. The van der Waals surface area contributed by atoms with E-state index in [2.05, 4.69) is 5.32 Å². The maximum Gasteiger partial charge on any atom is 0.220 e. The first-order chi connectivity index (χ1) is 10.7. The summed E-state index contributed by atoms with van der Waals surface area (Å²) in [6.07, 6.45) is 5.37. The SMILES string of the molecule is Cc1ccc(OCCNC(=O)CCCCC2CCSS2)cc1. The van der Waals surface area contributed by atoms with Gasteiger partial charge in [-0.25, -0.2) is 0 Å². The van der Waals surface area contributed by atoms with Crippen LogP contribution < -0.4 is 10.1 Å². The monoisotopic (exact) mass is 339 g/mol. The second kappa shape index (κ2) is 10.1. The van der Waals surface area contributed by atoms with Gasteiger partial charge in [-0.2, -0.15) is 0 Å². The Morgan fingerprint density at radius 3 is 2.86 bits per heavy atom. The second-order valence-electron chi connectivity index (χ2n) is 5.59.